The summed E-state index contributed by atoms with van der Waals surface area (Å²) in [6, 6.07) is 0. The van der Waals surface area contributed by atoms with Gasteiger partial charge in [0.05, 0.1) is 6.61 Å². The van der Waals surface area contributed by atoms with Crippen LogP contribution < -0.4 is 0 Å². The molecule has 0 aromatic heterocycles. The van der Waals surface area contributed by atoms with Crippen molar-refractivity contribution in [2.24, 2.45) is 5.92 Å². The van der Waals surface area contributed by atoms with Gasteiger partial charge in [0.15, 0.2) is 0 Å². The molecule has 100 valence electrons. The largest absolute Gasteiger partial charge is 0.395 e. The maximum atomic E-state index is 12.0. The lowest BCUT2D eigenvalue weighted by atomic mass is 10.0. The van der Waals surface area contributed by atoms with Crippen LogP contribution in [0.25, 0.3) is 0 Å². The van der Waals surface area contributed by atoms with Crippen molar-refractivity contribution in [3.05, 3.63) is 0 Å². The Morgan fingerprint density at radius 2 is 1.94 bits per heavy atom. The first-order chi connectivity index (χ1) is 8.17. The molecular weight excluding hydrogens is 216 g/mol. The molecule has 1 aliphatic heterocycles. The van der Waals surface area contributed by atoms with Crippen LogP contribution in [0.5, 0.6) is 0 Å². The number of aliphatic hydroxyl groups is 1. The molecular formula is C13H26N2O2. The van der Waals surface area contributed by atoms with Crippen LogP contribution >= 0.6 is 0 Å². The lowest BCUT2D eigenvalue weighted by molar-refractivity contribution is -0.133. The van der Waals surface area contributed by atoms with Gasteiger partial charge >= 0.3 is 0 Å². The minimum atomic E-state index is 0.210. The first kappa shape index (κ1) is 14.5. The maximum absolute atomic E-state index is 12.0. The van der Waals surface area contributed by atoms with Gasteiger partial charge in [-0.05, 0) is 5.92 Å². The van der Waals surface area contributed by atoms with Crippen molar-refractivity contribution in [1.29, 1.82) is 0 Å². The molecule has 1 rings (SSSR count). The van der Waals surface area contributed by atoms with E-state index in [9.17, 15) is 4.79 Å². The lowest BCUT2D eigenvalue weighted by Crippen LogP contribution is -2.49. The first-order valence-corrected chi connectivity index (χ1v) is 6.78. The first-order valence-electron chi connectivity index (χ1n) is 6.78. The third kappa shape index (κ3) is 5.04. The zero-order chi connectivity index (χ0) is 12.7. The third-order valence-corrected chi connectivity index (χ3v) is 3.45. The van der Waals surface area contributed by atoms with E-state index in [0.29, 0.717) is 18.2 Å². The summed E-state index contributed by atoms with van der Waals surface area (Å²) < 4.78 is 0. The van der Waals surface area contributed by atoms with Crippen LogP contribution in [-0.2, 0) is 4.79 Å². The van der Waals surface area contributed by atoms with Gasteiger partial charge < -0.3 is 10.0 Å². The van der Waals surface area contributed by atoms with E-state index in [2.05, 4.69) is 18.7 Å². The summed E-state index contributed by atoms with van der Waals surface area (Å²) in [6.45, 7) is 8.69. The van der Waals surface area contributed by atoms with Crippen LogP contribution in [0.4, 0.5) is 0 Å². The summed E-state index contributed by atoms with van der Waals surface area (Å²) >= 11 is 0. The van der Waals surface area contributed by atoms with E-state index in [1.807, 2.05) is 4.90 Å². The van der Waals surface area contributed by atoms with Crippen molar-refractivity contribution < 1.29 is 9.90 Å². The normalized spacial score (nSPS) is 19.4. The number of β-amino-alcohol motifs (C(OH)–C–C–N with tert-alkyl or cyclic N) is 1. The molecule has 4 heteroatoms. The van der Waals surface area contributed by atoms with E-state index in [1.54, 1.807) is 0 Å². The summed E-state index contributed by atoms with van der Waals surface area (Å²) in [4.78, 5) is 16.2. The predicted molar refractivity (Wildman–Crippen MR) is 68.8 cm³/mol. The summed E-state index contributed by atoms with van der Waals surface area (Å²) in [6.07, 6.45) is 2.97. The average Bonchev–Trinajstić information content (AvgIpc) is 2.30. The monoisotopic (exact) mass is 242 g/mol. The summed E-state index contributed by atoms with van der Waals surface area (Å²) in [5.41, 5.74) is 0. The molecule has 4 nitrogen and oxygen atoms in total. The van der Waals surface area contributed by atoms with Crippen LogP contribution in [0.3, 0.4) is 0 Å². The van der Waals surface area contributed by atoms with E-state index < -0.39 is 0 Å². The molecule has 0 bridgehead atoms. The van der Waals surface area contributed by atoms with Gasteiger partial charge in [0.2, 0.25) is 5.91 Å². The number of rotatable bonds is 6. The van der Waals surface area contributed by atoms with Crippen molar-refractivity contribution in [3.63, 3.8) is 0 Å². The Morgan fingerprint density at radius 3 is 2.47 bits per heavy atom. The Kier molecular flexibility index (Phi) is 6.52. The minimum absolute atomic E-state index is 0.210. The fourth-order valence-electron chi connectivity index (χ4n) is 2.38. The Hall–Kier alpha value is -0.610. The van der Waals surface area contributed by atoms with Gasteiger partial charge in [-0.3, -0.25) is 9.69 Å². The van der Waals surface area contributed by atoms with E-state index in [-0.39, 0.29) is 6.61 Å². The van der Waals surface area contributed by atoms with Crippen LogP contribution in [0.15, 0.2) is 0 Å². The fourth-order valence-corrected chi connectivity index (χ4v) is 2.38. The molecule has 17 heavy (non-hydrogen) atoms. The molecule has 0 saturated carbocycles. The van der Waals surface area contributed by atoms with Gasteiger partial charge in [0, 0.05) is 39.1 Å². The van der Waals surface area contributed by atoms with Crippen molar-refractivity contribution in [3.8, 4) is 0 Å². The second-order valence-electron chi connectivity index (χ2n) is 5.04. The highest BCUT2D eigenvalue weighted by atomic mass is 16.3. The van der Waals surface area contributed by atoms with Crippen molar-refractivity contribution in [2.75, 3.05) is 39.3 Å². The van der Waals surface area contributed by atoms with E-state index in [4.69, 9.17) is 5.11 Å². The molecule has 1 unspecified atom stereocenters. The Balaban J connectivity index is 2.25. The van der Waals surface area contributed by atoms with E-state index in [1.165, 1.54) is 0 Å². The number of hydrogen-bond donors (Lipinski definition) is 1. The zero-order valence-corrected chi connectivity index (χ0v) is 11.2. The average molecular weight is 242 g/mol. The number of carbonyl (C=O) groups excluding carboxylic acids is 1. The molecule has 0 aliphatic carbocycles. The molecule has 0 spiro atoms. The molecule has 1 aliphatic rings. The van der Waals surface area contributed by atoms with Gasteiger partial charge in [0.25, 0.3) is 0 Å². The number of carbonyl (C=O) groups is 1. The van der Waals surface area contributed by atoms with Gasteiger partial charge in [-0.15, -0.1) is 0 Å². The van der Waals surface area contributed by atoms with Gasteiger partial charge in [-0.25, -0.2) is 0 Å². The quantitative estimate of drug-likeness (QED) is 0.754. The van der Waals surface area contributed by atoms with E-state index in [0.717, 1.165) is 45.6 Å². The van der Waals surface area contributed by atoms with Gasteiger partial charge in [-0.2, -0.15) is 0 Å². The maximum Gasteiger partial charge on any atom is 0.222 e. The van der Waals surface area contributed by atoms with Crippen LogP contribution in [0.2, 0.25) is 0 Å². The smallest absolute Gasteiger partial charge is 0.222 e. The SMILES string of the molecule is CCCC(C)CC(=O)N1CCN(CCO)CC1. The number of nitrogens with zero attached hydrogens (tertiary/aromatic N) is 2. The van der Waals surface area contributed by atoms with Crippen molar-refractivity contribution >= 4 is 5.91 Å². The van der Waals surface area contributed by atoms with Crippen molar-refractivity contribution in [1.82, 2.24) is 9.80 Å². The predicted octanol–water partition coefficient (Wildman–Crippen LogP) is 0.949. The minimum Gasteiger partial charge on any atom is -0.395 e. The van der Waals surface area contributed by atoms with Gasteiger partial charge in [-0.1, -0.05) is 26.7 Å². The van der Waals surface area contributed by atoms with Crippen LogP contribution in [-0.4, -0.2) is 60.1 Å². The molecule has 1 fully saturated rings. The lowest BCUT2D eigenvalue weighted by Gasteiger charge is -2.34. The molecule has 1 heterocycles. The standard InChI is InChI=1S/C13H26N2O2/c1-3-4-12(2)11-13(17)15-7-5-14(6-8-15)9-10-16/h12,16H,3-11H2,1-2H3. The summed E-state index contributed by atoms with van der Waals surface area (Å²) in [5.74, 6) is 0.803. The number of hydrogen-bond acceptors (Lipinski definition) is 3. The van der Waals surface area contributed by atoms with Crippen LogP contribution in [0.1, 0.15) is 33.1 Å². The second kappa shape index (κ2) is 7.67. The molecule has 0 aromatic carbocycles. The number of amides is 1. The Bertz CT molecular complexity index is 225. The molecule has 0 radical (unpaired) electrons. The molecule has 1 atom stereocenters. The zero-order valence-electron chi connectivity index (χ0n) is 11.2. The Labute approximate surface area is 105 Å². The summed E-state index contributed by atoms with van der Waals surface area (Å²) in [5, 5.41) is 8.85. The molecule has 1 N–H and O–H groups in total. The molecule has 0 aromatic rings. The highest BCUT2D eigenvalue weighted by Gasteiger charge is 2.21. The molecule has 1 amide bonds. The molecule has 1 saturated heterocycles. The van der Waals surface area contributed by atoms with Crippen LogP contribution in [0, 0.1) is 5.92 Å². The van der Waals surface area contributed by atoms with E-state index >= 15 is 0 Å². The fraction of sp³-hybridized carbons (Fsp3) is 0.923. The number of piperazine rings is 1. The summed E-state index contributed by atoms with van der Waals surface area (Å²) in [7, 11) is 0. The highest BCUT2D eigenvalue weighted by Crippen LogP contribution is 2.13. The Morgan fingerprint density at radius 1 is 1.29 bits per heavy atom. The third-order valence-electron chi connectivity index (χ3n) is 3.45. The van der Waals surface area contributed by atoms with Gasteiger partial charge in [0.1, 0.15) is 0 Å². The topological polar surface area (TPSA) is 43.8 Å². The number of aliphatic hydroxyl groups excluding tert-OH is 1. The second-order valence-corrected chi connectivity index (χ2v) is 5.04. The van der Waals surface area contributed by atoms with Crippen molar-refractivity contribution in [2.45, 2.75) is 33.1 Å². The highest BCUT2D eigenvalue weighted by molar-refractivity contribution is 5.76.